The predicted octanol–water partition coefficient (Wildman–Crippen LogP) is 0.473. The van der Waals surface area contributed by atoms with Crippen molar-refractivity contribution in [3.8, 4) is 0 Å². The topological polar surface area (TPSA) is 34.1 Å². The molecule has 2 nitrogen and oxygen atoms in total. The lowest BCUT2D eigenvalue weighted by molar-refractivity contribution is 0.386. The zero-order valence-corrected chi connectivity index (χ0v) is 5.28. The molecule has 0 aromatic carbocycles. The highest BCUT2D eigenvalue weighted by atomic mass is 31.2. The highest BCUT2D eigenvalue weighted by molar-refractivity contribution is 7.69. The molecule has 0 spiro atoms. The zero-order chi connectivity index (χ0) is 5.83. The van der Waals surface area contributed by atoms with E-state index in [9.17, 15) is 9.36 Å². The first-order valence-corrected chi connectivity index (χ1v) is 4.91. The second-order valence-corrected chi connectivity index (χ2v) is 5.98. The van der Waals surface area contributed by atoms with Crippen LogP contribution in [0.25, 0.3) is 0 Å². The van der Waals surface area contributed by atoms with Gasteiger partial charge in [0.1, 0.15) is 0 Å². The van der Waals surface area contributed by atoms with Crippen molar-refractivity contribution in [2.45, 2.75) is 0 Å². The van der Waals surface area contributed by atoms with Crippen LogP contribution in [0.5, 0.6) is 0 Å². The van der Waals surface area contributed by atoms with Gasteiger partial charge in [-0.15, -0.1) is 0 Å². The van der Waals surface area contributed by atoms with Crippen molar-refractivity contribution in [3.05, 3.63) is 0 Å². The van der Waals surface area contributed by atoms with E-state index in [0.29, 0.717) is 18.5 Å². The molecule has 0 amide bonds. The number of hydrogen-bond donors (Lipinski definition) is 0. The van der Waals surface area contributed by atoms with Crippen LogP contribution in [-0.4, -0.2) is 24.8 Å². The lowest BCUT2D eigenvalue weighted by Crippen LogP contribution is -2.57. The molecule has 2 bridgehead atoms. The van der Waals surface area contributed by atoms with E-state index in [1.165, 1.54) is 0 Å². The fourth-order valence-electron chi connectivity index (χ4n) is 1.61. The number of carbonyl (C=O) groups excluding carboxylic acids is 1. The lowest BCUT2D eigenvalue weighted by Gasteiger charge is -2.56. The molecular weight excluding hydrogens is 123 g/mol. The van der Waals surface area contributed by atoms with Crippen molar-refractivity contribution < 1.29 is 9.36 Å². The summed E-state index contributed by atoms with van der Waals surface area (Å²) in [4.78, 5) is 10.0. The Hall–Kier alpha value is -0.100. The van der Waals surface area contributed by atoms with Gasteiger partial charge in [-0.3, -0.25) is 4.79 Å². The van der Waals surface area contributed by atoms with Crippen LogP contribution in [0.4, 0.5) is 0 Å². The second kappa shape index (κ2) is 0.950. The van der Waals surface area contributed by atoms with Gasteiger partial charge < -0.3 is 4.57 Å². The summed E-state index contributed by atoms with van der Waals surface area (Å²) in [7, 11) is -1.67. The Morgan fingerprint density at radius 1 is 1.38 bits per heavy atom. The molecular formula is C5H6O2P. The van der Waals surface area contributed by atoms with Gasteiger partial charge in [-0.25, -0.2) is 0 Å². The third-order valence-electron chi connectivity index (χ3n) is 1.99. The van der Waals surface area contributed by atoms with Crippen LogP contribution in [0.1, 0.15) is 0 Å². The zero-order valence-electron chi connectivity index (χ0n) is 4.39. The maximum absolute atomic E-state index is 10.9. The van der Waals surface area contributed by atoms with Crippen LogP contribution in [-0.2, 0) is 9.36 Å². The Kier molecular flexibility index (Phi) is 0.564. The number of hydrogen-bond acceptors (Lipinski definition) is 2. The molecule has 0 aromatic rings. The quantitative estimate of drug-likeness (QED) is 0.482. The predicted molar refractivity (Wildman–Crippen MR) is 30.3 cm³/mol. The van der Waals surface area contributed by atoms with E-state index in [2.05, 4.69) is 0 Å². The minimum atomic E-state index is -1.67. The third kappa shape index (κ3) is 0.324. The van der Waals surface area contributed by atoms with E-state index in [0.717, 1.165) is 0 Å². The summed E-state index contributed by atoms with van der Waals surface area (Å²) >= 11 is 0. The van der Waals surface area contributed by atoms with Crippen molar-refractivity contribution in [1.82, 2.24) is 0 Å². The molecule has 3 heteroatoms. The number of rotatable bonds is 1. The fourth-order valence-corrected chi connectivity index (χ4v) is 4.84. The Morgan fingerprint density at radius 2 is 1.88 bits per heavy atom. The van der Waals surface area contributed by atoms with Gasteiger partial charge in [0, 0.05) is 18.5 Å². The van der Waals surface area contributed by atoms with Crippen LogP contribution in [0, 0.1) is 5.41 Å². The first-order chi connectivity index (χ1) is 3.68. The molecule has 3 rings (SSSR count). The van der Waals surface area contributed by atoms with Gasteiger partial charge in [0.05, 0.1) is 12.6 Å². The summed E-state index contributed by atoms with van der Waals surface area (Å²) in [6.45, 7) is 0. The molecule has 0 atom stereocenters. The van der Waals surface area contributed by atoms with Gasteiger partial charge >= 0.3 is 0 Å². The first-order valence-electron chi connectivity index (χ1n) is 2.65. The van der Waals surface area contributed by atoms with Gasteiger partial charge in [-0.2, -0.15) is 0 Å². The highest BCUT2D eigenvalue weighted by Gasteiger charge is 2.66. The molecule has 0 aromatic heterocycles. The third-order valence-corrected chi connectivity index (χ3v) is 5.53. The largest absolute Gasteiger partial charge is 0.323 e. The molecule has 1 radical (unpaired) electrons. The Labute approximate surface area is 47.6 Å². The van der Waals surface area contributed by atoms with E-state index < -0.39 is 7.14 Å². The Balaban J connectivity index is 2.24. The molecule has 8 heavy (non-hydrogen) atoms. The molecule has 0 unspecified atom stereocenters. The molecule has 3 aliphatic rings. The Bertz CT molecular complexity index is 170. The highest BCUT2D eigenvalue weighted by Crippen LogP contribution is 2.77. The van der Waals surface area contributed by atoms with Crippen LogP contribution < -0.4 is 0 Å². The van der Waals surface area contributed by atoms with Gasteiger partial charge in [0.25, 0.3) is 0 Å². The average Bonchev–Trinajstić information content (AvgIpc) is 1.55. The second-order valence-electron chi connectivity index (χ2n) is 2.91. The van der Waals surface area contributed by atoms with Gasteiger partial charge in [-0.1, -0.05) is 0 Å². The minimum Gasteiger partial charge on any atom is -0.323 e. The smallest absolute Gasteiger partial charge is 0.206 e. The van der Waals surface area contributed by atoms with E-state index in [1.807, 2.05) is 6.29 Å². The summed E-state index contributed by atoms with van der Waals surface area (Å²) in [6.07, 6.45) is 3.96. The van der Waals surface area contributed by atoms with Crippen molar-refractivity contribution in [2.75, 3.05) is 18.5 Å². The van der Waals surface area contributed by atoms with E-state index in [4.69, 9.17) is 0 Å². The van der Waals surface area contributed by atoms with Crippen molar-refractivity contribution in [1.29, 1.82) is 0 Å². The van der Waals surface area contributed by atoms with Gasteiger partial charge in [0.2, 0.25) is 6.29 Å². The van der Waals surface area contributed by atoms with E-state index >= 15 is 0 Å². The average molecular weight is 129 g/mol. The summed E-state index contributed by atoms with van der Waals surface area (Å²) in [5.74, 6) is 0. The molecule has 0 N–H and O–H groups in total. The monoisotopic (exact) mass is 129 g/mol. The maximum atomic E-state index is 10.9. The van der Waals surface area contributed by atoms with Crippen molar-refractivity contribution in [3.63, 3.8) is 0 Å². The SMILES string of the molecule is O=[C]C12CP(=O)(C1)C2. The van der Waals surface area contributed by atoms with E-state index in [1.54, 1.807) is 0 Å². The van der Waals surface area contributed by atoms with Crippen molar-refractivity contribution in [2.24, 2.45) is 5.41 Å². The summed E-state index contributed by atoms with van der Waals surface area (Å²) in [5.41, 5.74) is -0.199. The normalized spacial score (nSPS) is 58.5. The molecule has 43 valence electrons. The standard InChI is InChI=1S/C5H6O2P/c6-1-5-2-8(7,3-5)4-5/h2-4H2. The van der Waals surface area contributed by atoms with Crippen LogP contribution in [0.3, 0.4) is 0 Å². The fraction of sp³-hybridized carbons (Fsp3) is 0.800. The molecule has 3 heterocycles. The van der Waals surface area contributed by atoms with Gasteiger partial charge in [-0.05, 0) is 0 Å². The Morgan fingerprint density at radius 3 is 2.00 bits per heavy atom. The van der Waals surface area contributed by atoms with Crippen molar-refractivity contribution >= 4 is 13.4 Å². The summed E-state index contributed by atoms with van der Waals surface area (Å²) in [5, 5.41) is 0. The maximum Gasteiger partial charge on any atom is 0.206 e. The lowest BCUT2D eigenvalue weighted by atomic mass is 9.95. The first kappa shape index (κ1) is 4.75. The van der Waals surface area contributed by atoms with Gasteiger partial charge in [0.15, 0.2) is 0 Å². The molecule has 3 aliphatic heterocycles. The summed E-state index contributed by atoms with van der Waals surface area (Å²) < 4.78 is 10.9. The van der Waals surface area contributed by atoms with Crippen LogP contribution >= 0.6 is 7.14 Å². The van der Waals surface area contributed by atoms with Crippen LogP contribution in [0.15, 0.2) is 0 Å². The van der Waals surface area contributed by atoms with E-state index in [-0.39, 0.29) is 5.41 Å². The summed E-state index contributed by atoms with van der Waals surface area (Å²) in [6, 6.07) is 0. The minimum absolute atomic E-state index is 0.199. The molecule has 0 saturated carbocycles. The van der Waals surface area contributed by atoms with Crippen LogP contribution in [0.2, 0.25) is 0 Å². The molecule has 0 aliphatic carbocycles. The molecule has 3 saturated heterocycles. The molecule has 3 fully saturated rings.